The molecule has 1 fully saturated rings. The standard InChI is InChI=1S/C20H29N5O2/c1-5-6-12-23(4)19(26)17-15-10-7-8-13-24(15)18(21-17)16-11-9-14-25(16)20(27)22(2)3/h7-8,10,13,16H,5-6,9,11-12,14H2,1-4H3/t16-/m0/s1. The van der Waals surface area contributed by atoms with Gasteiger partial charge in [0.2, 0.25) is 0 Å². The Labute approximate surface area is 160 Å². The van der Waals surface area contributed by atoms with Crippen molar-refractivity contribution >= 4 is 17.5 Å². The van der Waals surface area contributed by atoms with Crippen LogP contribution in [0.4, 0.5) is 4.79 Å². The van der Waals surface area contributed by atoms with Crippen LogP contribution in [0, 0.1) is 0 Å². The van der Waals surface area contributed by atoms with E-state index in [1.807, 2.05) is 40.7 Å². The van der Waals surface area contributed by atoms with Crippen LogP contribution >= 0.6 is 0 Å². The normalized spacial score (nSPS) is 16.7. The van der Waals surface area contributed by atoms with Crippen LogP contribution in [0.3, 0.4) is 0 Å². The van der Waals surface area contributed by atoms with Crippen molar-refractivity contribution in [2.75, 3.05) is 34.2 Å². The molecule has 1 atom stereocenters. The number of urea groups is 1. The summed E-state index contributed by atoms with van der Waals surface area (Å²) in [4.78, 5) is 35.5. The van der Waals surface area contributed by atoms with E-state index < -0.39 is 0 Å². The van der Waals surface area contributed by atoms with Crippen LogP contribution in [0.15, 0.2) is 24.4 Å². The molecule has 0 spiro atoms. The van der Waals surface area contributed by atoms with Gasteiger partial charge in [-0.3, -0.25) is 4.79 Å². The van der Waals surface area contributed by atoms with Crippen molar-refractivity contribution in [2.45, 2.75) is 38.6 Å². The van der Waals surface area contributed by atoms with Gasteiger partial charge in [0.1, 0.15) is 5.82 Å². The third-order valence-electron chi connectivity index (χ3n) is 5.15. The summed E-state index contributed by atoms with van der Waals surface area (Å²) >= 11 is 0. The maximum absolute atomic E-state index is 13.0. The van der Waals surface area contributed by atoms with E-state index in [0.717, 1.165) is 37.0 Å². The lowest BCUT2D eigenvalue weighted by Gasteiger charge is -2.27. The molecule has 27 heavy (non-hydrogen) atoms. The number of pyridine rings is 1. The lowest BCUT2D eigenvalue weighted by Crippen LogP contribution is -2.39. The van der Waals surface area contributed by atoms with Crippen molar-refractivity contribution in [3.05, 3.63) is 35.9 Å². The SMILES string of the molecule is CCCCN(C)C(=O)c1nc([C@@H]2CCCN2C(=O)N(C)C)n2ccccc12. The minimum absolute atomic E-state index is 0.0156. The number of rotatable bonds is 5. The van der Waals surface area contributed by atoms with Crippen molar-refractivity contribution in [2.24, 2.45) is 0 Å². The Hall–Kier alpha value is -2.57. The predicted molar refractivity (Wildman–Crippen MR) is 105 cm³/mol. The van der Waals surface area contributed by atoms with Crippen molar-refractivity contribution in [1.29, 1.82) is 0 Å². The Kier molecular flexibility index (Phi) is 5.68. The van der Waals surface area contributed by atoms with Crippen LogP contribution in [-0.2, 0) is 0 Å². The fourth-order valence-electron chi connectivity index (χ4n) is 3.65. The number of hydrogen-bond acceptors (Lipinski definition) is 3. The first-order valence-electron chi connectivity index (χ1n) is 9.66. The lowest BCUT2D eigenvalue weighted by atomic mass is 10.2. The van der Waals surface area contributed by atoms with Gasteiger partial charge in [0, 0.05) is 40.4 Å². The van der Waals surface area contributed by atoms with Crippen molar-refractivity contribution in [1.82, 2.24) is 24.1 Å². The van der Waals surface area contributed by atoms with Crippen LogP contribution in [0.25, 0.3) is 5.52 Å². The number of imidazole rings is 1. The first-order chi connectivity index (χ1) is 13.0. The van der Waals surface area contributed by atoms with E-state index in [9.17, 15) is 9.59 Å². The van der Waals surface area contributed by atoms with Crippen LogP contribution in [0.1, 0.15) is 55.0 Å². The molecule has 3 heterocycles. The minimum atomic E-state index is -0.114. The number of likely N-dealkylation sites (tertiary alicyclic amines) is 1. The monoisotopic (exact) mass is 371 g/mol. The van der Waals surface area contributed by atoms with Gasteiger partial charge >= 0.3 is 6.03 Å². The highest BCUT2D eigenvalue weighted by molar-refractivity contribution is 5.99. The quantitative estimate of drug-likeness (QED) is 0.812. The van der Waals surface area contributed by atoms with E-state index in [0.29, 0.717) is 18.8 Å². The Morgan fingerprint density at radius 1 is 1.26 bits per heavy atom. The Balaban J connectivity index is 2.00. The molecule has 1 aliphatic rings. The van der Waals surface area contributed by atoms with E-state index >= 15 is 0 Å². The van der Waals surface area contributed by atoms with Crippen LogP contribution in [-0.4, -0.2) is 70.3 Å². The highest BCUT2D eigenvalue weighted by atomic mass is 16.2. The Bertz CT molecular complexity index is 829. The second-order valence-electron chi connectivity index (χ2n) is 7.38. The molecule has 7 nitrogen and oxygen atoms in total. The molecule has 3 amide bonds. The van der Waals surface area contributed by atoms with Crippen molar-refractivity contribution in [3.8, 4) is 0 Å². The Morgan fingerprint density at radius 2 is 2.04 bits per heavy atom. The first kappa shape index (κ1) is 19.2. The van der Waals surface area contributed by atoms with Gasteiger partial charge < -0.3 is 19.1 Å². The average Bonchev–Trinajstić information content (AvgIpc) is 3.29. The molecule has 2 aromatic rings. The summed E-state index contributed by atoms with van der Waals surface area (Å²) < 4.78 is 1.97. The molecule has 0 aliphatic carbocycles. The van der Waals surface area contributed by atoms with Gasteiger partial charge in [0.05, 0.1) is 11.6 Å². The topological polar surface area (TPSA) is 61.2 Å². The van der Waals surface area contributed by atoms with Gasteiger partial charge in [-0.05, 0) is 31.4 Å². The predicted octanol–water partition coefficient (Wildman–Crippen LogP) is 3.02. The molecule has 7 heteroatoms. The van der Waals surface area contributed by atoms with Gasteiger partial charge in [-0.15, -0.1) is 0 Å². The highest BCUT2D eigenvalue weighted by Crippen LogP contribution is 2.33. The van der Waals surface area contributed by atoms with Crippen LogP contribution in [0.5, 0.6) is 0 Å². The van der Waals surface area contributed by atoms with E-state index in [2.05, 4.69) is 6.92 Å². The molecule has 0 radical (unpaired) electrons. The summed E-state index contributed by atoms with van der Waals surface area (Å²) in [5.41, 5.74) is 1.26. The maximum Gasteiger partial charge on any atom is 0.320 e. The molecule has 0 N–H and O–H groups in total. The average molecular weight is 371 g/mol. The maximum atomic E-state index is 13.0. The molecule has 0 saturated carbocycles. The molecule has 3 rings (SSSR count). The zero-order chi connectivity index (χ0) is 19.6. The van der Waals surface area contributed by atoms with Crippen LogP contribution < -0.4 is 0 Å². The summed E-state index contributed by atoms with van der Waals surface area (Å²) in [5, 5.41) is 0. The number of fused-ring (bicyclic) bond motifs is 1. The number of aromatic nitrogens is 2. The molecule has 1 aliphatic heterocycles. The summed E-state index contributed by atoms with van der Waals surface area (Å²) in [6.45, 7) is 3.53. The number of amides is 3. The third-order valence-corrected chi connectivity index (χ3v) is 5.15. The number of carbonyl (C=O) groups excluding carboxylic acids is 2. The number of nitrogens with zero attached hydrogens (tertiary/aromatic N) is 5. The fraction of sp³-hybridized carbons (Fsp3) is 0.550. The number of hydrogen-bond donors (Lipinski definition) is 0. The van der Waals surface area contributed by atoms with Gasteiger partial charge in [0.25, 0.3) is 5.91 Å². The molecular weight excluding hydrogens is 342 g/mol. The molecule has 0 unspecified atom stereocenters. The van der Waals surface area contributed by atoms with Gasteiger partial charge in [-0.1, -0.05) is 19.4 Å². The lowest BCUT2D eigenvalue weighted by molar-refractivity contribution is 0.0789. The van der Waals surface area contributed by atoms with E-state index in [-0.39, 0.29) is 18.0 Å². The van der Waals surface area contributed by atoms with Crippen molar-refractivity contribution < 1.29 is 9.59 Å². The zero-order valence-electron chi connectivity index (χ0n) is 16.7. The van der Waals surface area contributed by atoms with Gasteiger partial charge in [0.15, 0.2) is 5.69 Å². The molecular formula is C20H29N5O2. The zero-order valence-corrected chi connectivity index (χ0v) is 16.7. The second-order valence-corrected chi connectivity index (χ2v) is 7.38. The largest absolute Gasteiger partial charge is 0.340 e. The highest BCUT2D eigenvalue weighted by Gasteiger charge is 2.35. The number of carbonyl (C=O) groups is 2. The Morgan fingerprint density at radius 3 is 2.74 bits per heavy atom. The second kappa shape index (κ2) is 7.98. The van der Waals surface area contributed by atoms with E-state index in [1.54, 1.807) is 23.9 Å². The minimum Gasteiger partial charge on any atom is -0.340 e. The smallest absolute Gasteiger partial charge is 0.320 e. The summed E-state index contributed by atoms with van der Waals surface area (Å²) in [6, 6.07) is 5.64. The number of unbranched alkanes of at least 4 members (excludes halogenated alkanes) is 1. The molecule has 2 aromatic heterocycles. The fourth-order valence-corrected chi connectivity index (χ4v) is 3.65. The van der Waals surface area contributed by atoms with Gasteiger partial charge in [-0.25, -0.2) is 9.78 Å². The molecule has 1 saturated heterocycles. The summed E-state index contributed by atoms with van der Waals surface area (Å²) in [7, 11) is 5.35. The first-order valence-corrected chi connectivity index (χ1v) is 9.66. The van der Waals surface area contributed by atoms with Crippen LogP contribution in [0.2, 0.25) is 0 Å². The molecule has 146 valence electrons. The van der Waals surface area contributed by atoms with Gasteiger partial charge in [-0.2, -0.15) is 0 Å². The summed E-state index contributed by atoms with van der Waals surface area (Å²) in [6.07, 6.45) is 5.72. The molecule has 0 aromatic carbocycles. The van der Waals surface area contributed by atoms with E-state index in [1.165, 1.54) is 0 Å². The third kappa shape index (κ3) is 3.63. The molecule has 0 bridgehead atoms. The summed E-state index contributed by atoms with van der Waals surface area (Å²) in [5.74, 6) is 0.701. The van der Waals surface area contributed by atoms with E-state index in [4.69, 9.17) is 4.98 Å². The van der Waals surface area contributed by atoms with Crippen molar-refractivity contribution in [3.63, 3.8) is 0 Å².